The Hall–Kier alpha value is -1.70. The summed E-state index contributed by atoms with van der Waals surface area (Å²) in [5.41, 5.74) is 0.300. The Kier molecular flexibility index (Phi) is 11.8. The van der Waals surface area contributed by atoms with Crippen LogP contribution in [0.5, 0.6) is 23.0 Å². The van der Waals surface area contributed by atoms with Crippen LogP contribution in [0.4, 0.5) is 0 Å². The number of carbonyl (C=O) groups excluding carboxylic acids is 1. The van der Waals surface area contributed by atoms with E-state index in [9.17, 15) is 4.79 Å². The van der Waals surface area contributed by atoms with Gasteiger partial charge >= 0.3 is 18.9 Å². The number of methoxy groups -OCH3 is 2. The van der Waals surface area contributed by atoms with Gasteiger partial charge in [0.1, 0.15) is 35.2 Å². The molecule has 6 nitrogen and oxygen atoms in total. The minimum atomic E-state index is -0.142. The van der Waals surface area contributed by atoms with Crippen LogP contribution in [0.2, 0.25) is 0 Å². The maximum atomic E-state index is 13.1. The summed E-state index contributed by atoms with van der Waals surface area (Å²) in [6, 6.07) is 10.9. The average Bonchev–Trinajstić information content (AvgIpc) is 2.71. The third kappa shape index (κ3) is 7.24. The van der Waals surface area contributed by atoms with E-state index in [1.54, 1.807) is 12.1 Å². The zero-order chi connectivity index (χ0) is 20.4. The number of para-hydroxylation sites is 1. The van der Waals surface area contributed by atoms with E-state index in [-0.39, 0.29) is 33.0 Å². The first-order chi connectivity index (χ1) is 13.6. The first-order valence-corrected chi connectivity index (χ1v) is 10.1. The molecule has 0 heterocycles. The van der Waals surface area contributed by atoms with Crippen molar-refractivity contribution < 1.29 is 28.5 Å². The average molecular weight is 414 g/mol. The first kappa shape index (κ1) is 25.3. The topological polar surface area (TPSA) is 63.2 Å². The monoisotopic (exact) mass is 414 g/mol. The molecule has 0 radical (unpaired) electrons. The summed E-state index contributed by atoms with van der Waals surface area (Å²) < 4.78 is 27.5. The zero-order valence-corrected chi connectivity index (χ0v) is 17.7. The molecule has 0 aromatic heterocycles. The van der Waals surface area contributed by atoms with E-state index in [4.69, 9.17) is 23.7 Å². The second-order valence-electron chi connectivity index (χ2n) is 5.63. The van der Waals surface area contributed by atoms with E-state index in [0.29, 0.717) is 55.0 Å². The second-order valence-corrected chi connectivity index (χ2v) is 6.87. The van der Waals surface area contributed by atoms with Crippen LogP contribution in [-0.2, 0) is 4.74 Å². The van der Waals surface area contributed by atoms with Crippen molar-refractivity contribution in [1.82, 2.24) is 0 Å². The van der Waals surface area contributed by atoms with Gasteiger partial charge in [0.2, 0.25) is 0 Å². The number of rotatable bonds is 12. The molecule has 0 N–H and O–H groups in total. The molecule has 0 fully saturated rings. The van der Waals surface area contributed by atoms with Crippen molar-refractivity contribution in [2.45, 2.75) is 13.8 Å². The van der Waals surface area contributed by atoms with Gasteiger partial charge in [-0.3, -0.25) is 4.79 Å². The molecule has 0 spiro atoms. The molecule has 0 saturated carbocycles. The molecular weight excluding hydrogens is 386 g/mol. The molecule has 2 aromatic rings. The molecule has 2 aromatic carbocycles. The van der Waals surface area contributed by atoms with Crippen molar-refractivity contribution >= 4 is 38.3 Å². The minimum absolute atomic E-state index is 0. The molecule has 0 aliphatic rings. The zero-order valence-electron chi connectivity index (χ0n) is 16.7. The Labute approximate surface area is 186 Å². The van der Waals surface area contributed by atoms with E-state index in [1.807, 2.05) is 38.1 Å². The quantitative estimate of drug-likeness (QED) is 0.302. The molecule has 0 aliphatic carbocycles. The summed E-state index contributed by atoms with van der Waals surface area (Å²) in [4.78, 5) is 13.1. The fourth-order valence-corrected chi connectivity index (χ4v) is 3.67. The summed E-state index contributed by atoms with van der Waals surface area (Å²) in [5, 5.41) is 0.821. The maximum absolute atomic E-state index is 13.1. The van der Waals surface area contributed by atoms with Crippen LogP contribution in [-0.4, -0.2) is 65.0 Å². The molecule has 0 saturated heterocycles. The molecular formula is C21H28LiO6P. The molecule has 0 amide bonds. The van der Waals surface area contributed by atoms with Crippen LogP contribution in [0.1, 0.15) is 24.2 Å². The fourth-order valence-electron chi connectivity index (χ4n) is 2.60. The second kappa shape index (κ2) is 13.5. The van der Waals surface area contributed by atoms with Crippen LogP contribution < -0.4 is 24.3 Å². The molecule has 0 aliphatic heterocycles. The van der Waals surface area contributed by atoms with Gasteiger partial charge in [0.15, 0.2) is 5.52 Å². The summed E-state index contributed by atoms with van der Waals surface area (Å²) >= 11 is 0. The van der Waals surface area contributed by atoms with Gasteiger partial charge in [0.05, 0.1) is 27.4 Å². The molecule has 8 heteroatoms. The van der Waals surface area contributed by atoms with Crippen LogP contribution in [0, 0.1) is 0 Å². The van der Waals surface area contributed by atoms with E-state index in [0.717, 1.165) is 5.30 Å². The van der Waals surface area contributed by atoms with E-state index in [1.165, 1.54) is 14.2 Å². The predicted molar refractivity (Wildman–Crippen MR) is 119 cm³/mol. The number of carbonyl (C=O) groups is 1. The predicted octanol–water partition coefficient (Wildman–Crippen LogP) is 3.01. The van der Waals surface area contributed by atoms with E-state index < -0.39 is 0 Å². The summed E-state index contributed by atoms with van der Waals surface area (Å²) in [6.07, 6.45) is 0. The number of benzene rings is 2. The molecule has 0 bridgehead atoms. The standard InChI is InChI=1S/C21H27O6P.Li.H/c1-5-25-11-12-27-16-9-7-8-10-19(16)28-21(22)20-17(23-3)13-15(26-6-2)14-18(20)24-4;;/h7-10,13-14,28H,5-6,11-12H2,1-4H3;;. The van der Waals surface area contributed by atoms with Gasteiger partial charge in [0, 0.05) is 24.0 Å². The molecule has 1 unspecified atom stereocenters. The molecule has 1 atom stereocenters. The summed E-state index contributed by atoms with van der Waals surface area (Å²) in [6.45, 7) is 5.91. The van der Waals surface area contributed by atoms with Crippen LogP contribution in [0.25, 0.3) is 0 Å². The van der Waals surface area contributed by atoms with Gasteiger partial charge in [-0.2, -0.15) is 0 Å². The van der Waals surface area contributed by atoms with Gasteiger partial charge in [-0.05, 0) is 28.5 Å². The molecule has 154 valence electrons. The van der Waals surface area contributed by atoms with E-state index >= 15 is 0 Å². The van der Waals surface area contributed by atoms with Gasteiger partial charge in [-0.1, -0.05) is 18.2 Å². The Morgan fingerprint density at radius 2 is 1.55 bits per heavy atom. The van der Waals surface area contributed by atoms with Crippen molar-refractivity contribution in [2.75, 3.05) is 40.6 Å². The van der Waals surface area contributed by atoms with Gasteiger partial charge in [0.25, 0.3) is 0 Å². The Morgan fingerprint density at radius 1 is 0.897 bits per heavy atom. The van der Waals surface area contributed by atoms with Gasteiger partial charge in [-0.25, -0.2) is 0 Å². The molecule has 2 rings (SSSR count). The molecule has 29 heavy (non-hydrogen) atoms. The summed E-state index contributed by atoms with van der Waals surface area (Å²) in [5.74, 6) is 2.12. The normalized spacial score (nSPS) is 10.5. The van der Waals surface area contributed by atoms with Crippen molar-refractivity contribution in [3.63, 3.8) is 0 Å². The Morgan fingerprint density at radius 3 is 2.14 bits per heavy atom. The summed E-state index contributed by atoms with van der Waals surface area (Å²) in [7, 11) is 2.90. The number of hydrogen-bond donors (Lipinski definition) is 0. The van der Waals surface area contributed by atoms with Crippen LogP contribution in [0.3, 0.4) is 0 Å². The fraction of sp³-hybridized carbons (Fsp3) is 0.381. The SMILES string of the molecule is CCOCCOc1ccccc1PC(=O)c1c(OC)cc(OCC)cc1OC.[LiH]. The Bertz CT molecular complexity index is 759. The number of ether oxygens (including phenoxy) is 5. The Balaban J connectivity index is 0.00000420. The number of hydrogen-bond acceptors (Lipinski definition) is 6. The van der Waals surface area contributed by atoms with Crippen molar-refractivity contribution in [3.8, 4) is 23.0 Å². The third-order valence-electron chi connectivity index (χ3n) is 3.84. The van der Waals surface area contributed by atoms with Crippen molar-refractivity contribution in [2.24, 2.45) is 0 Å². The van der Waals surface area contributed by atoms with Crippen LogP contribution >= 0.6 is 8.58 Å². The van der Waals surface area contributed by atoms with Gasteiger partial charge in [-0.15, -0.1) is 0 Å². The van der Waals surface area contributed by atoms with Crippen molar-refractivity contribution in [1.29, 1.82) is 0 Å². The van der Waals surface area contributed by atoms with Crippen molar-refractivity contribution in [3.05, 3.63) is 42.0 Å². The first-order valence-electron chi connectivity index (χ1n) is 9.14. The van der Waals surface area contributed by atoms with Crippen LogP contribution in [0.15, 0.2) is 36.4 Å². The van der Waals surface area contributed by atoms with E-state index in [2.05, 4.69) is 0 Å². The third-order valence-corrected chi connectivity index (χ3v) is 5.00. The van der Waals surface area contributed by atoms with Gasteiger partial charge < -0.3 is 23.7 Å².